The summed E-state index contributed by atoms with van der Waals surface area (Å²) in [4.78, 5) is 13.9. The Bertz CT molecular complexity index is 386. The number of carbonyl (C=O) groups excluding carboxylic acids is 1. The number of amides is 1. The minimum absolute atomic E-state index is 0.0847. The van der Waals surface area contributed by atoms with Gasteiger partial charge in [0, 0.05) is 37.5 Å². The van der Waals surface area contributed by atoms with Crippen molar-refractivity contribution in [1.82, 2.24) is 4.90 Å². The van der Waals surface area contributed by atoms with Crippen molar-refractivity contribution < 1.29 is 9.53 Å². The van der Waals surface area contributed by atoms with Gasteiger partial charge in [0.2, 0.25) is 0 Å². The summed E-state index contributed by atoms with van der Waals surface area (Å²) in [6, 6.07) is 7.84. The number of anilines is 1. The van der Waals surface area contributed by atoms with Gasteiger partial charge in [0.15, 0.2) is 0 Å². The molecule has 0 fully saturated rings. The fourth-order valence-corrected chi connectivity index (χ4v) is 1.98. The summed E-state index contributed by atoms with van der Waals surface area (Å²) in [7, 11) is 1.68. The number of carbonyl (C=O) groups is 1. The summed E-state index contributed by atoms with van der Waals surface area (Å²) in [6.45, 7) is 8.16. The summed E-state index contributed by atoms with van der Waals surface area (Å²) in [6.07, 6.45) is 0. The molecular weight excluding hydrogens is 240 g/mol. The van der Waals surface area contributed by atoms with Gasteiger partial charge in [-0.2, -0.15) is 0 Å². The van der Waals surface area contributed by atoms with Crippen LogP contribution >= 0.6 is 0 Å². The molecule has 1 N–H and O–H groups in total. The van der Waals surface area contributed by atoms with E-state index in [-0.39, 0.29) is 11.9 Å². The maximum atomic E-state index is 12.1. The smallest absolute Gasteiger partial charge is 0.253 e. The molecule has 1 atom stereocenters. The molecule has 0 bridgehead atoms. The highest BCUT2D eigenvalue weighted by molar-refractivity contribution is 5.94. The van der Waals surface area contributed by atoms with Crippen molar-refractivity contribution in [2.45, 2.75) is 26.8 Å². The highest BCUT2D eigenvalue weighted by atomic mass is 16.5. The molecule has 1 aromatic carbocycles. The molecule has 4 nitrogen and oxygen atoms in total. The number of nitrogens with zero attached hydrogens (tertiary/aromatic N) is 1. The Hall–Kier alpha value is -1.55. The molecule has 0 heterocycles. The molecule has 1 rings (SSSR count). The van der Waals surface area contributed by atoms with Crippen LogP contribution in [0.4, 0.5) is 5.69 Å². The van der Waals surface area contributed by atoms with Crippen molar-refractivity contribution in [3.63, 3.8) is 0 Å². The minimum Gasteiger partial charge on any atom is -0.383 e. The van der Waals surface area contributed by atoms with Crippen LogP contribution in [-0.4, -0.2) is 43.7 Å². The maximum absolute atomic E-state index is 12.1. The molecule has 0 spiro atoms. The van der Waals surface area contributed by atoms with Crippen molar-refractivity contribution in [3.05, 3.63) is 29.8 Å². The first-order valence-corrected chi connectivity index (χ1v) is 6.77. The van der Waals surface area contributed by atoms with Crippen molar-refractivity contribution in [1.29, 1.82) is 0 Å². The van der Waals surface area contributed by atoms with Crippen molar-refractivity contribution in [2.75, 3.05) is 32.1 Å². The molecule has 0 radical (unpaired) electrons. The van der Waals surface area contributed by atoms with Gasteiger partial charge in [-0.15, -0.1) is 0 Å². The van der Waals surface area contributed by atoms with Crippen LogP contribution in [0.1, 0.15) is 31.1 Å². The third kappa shape index (κ3) is 4.56. The molecule has 106 valence electrons. The lowest BCUT2D eigenvalue weighted by Gasteiger charge is -2.19. The second-order valence-electron chi connectivity index (χ2n) is 4.56. The predicted octanol–water partition coefficient (Wildman–Crippen LogP) is 2.62. The largest absolute Gasteiger partial charge is 0.383 e. The molecule has 19 heavy (non-hydrogen) atoms. The maximum Gasteiger partial charge on any atom is 0.253 e. The van der Waals surface area contributed by atoms with Crippen LogP contribution in [0.15, 0.2) is 24.3 Å². The molecule has 0 aliphatic rings. The van der Waals surface area contributed by atoms with E-state index >= 15 is 0 Å². The van der Waals surface area contributed by atoms with Crippen LogP contribution in [0, 0.1) is 0 Å². The Kier molecular flexibility index (Phi) is 6.36. The number of nitrogens with one attached hydrogen (secondary N) is 1. The molecule has 0 aromatic heterocycles. The average Bonchev–Trinajstić information content (AvgIpc) is 2.41. The zero-order valence-corrected chi connectivity index (χ0v) is 12.3. The lowest BCUT2D eigenvalue weighted by molar-refractivity contribution is 0.0773. The van der Waals surface area contributed by atoms with Gasteiger partial charge in [0.05, 0.1) is 6.61 Å². The molecule has 0 unspecified atom stereocenters. The number of methoxy groups -OCH3 is 1. The quantitative estimate of drug-likeness (QED) is 0.823. The van der Waals surface area contributed by atoms with E-state index in [4.69, 9.17) is 4.74 Å². The van der Waals surface area contributed by atoms with E-state index < -0.39 is 0 Å². The van der Waals surface area contributed by atoms with Crippen LogP contribution in [-0.2, 0) is 4.74 Å². The van der Waals surface area contributed by atoms with E-state index in [0.717, 1.165) is 24.3 Å². The van der Waals surface area contributed by atoms with Gasteiger partial charge in [-0.25, -0.2) is 0 Å². The van der Waals surface area contributed by atoms with Crippen molar-refractivity contribution in [3.8, 4) is 0 Å². The van der Waals surface area contributed by atoms with Gasteiger partial charge in [0.1, 0.15) is 0 Å². The lowest BCUT2D eigenvalue weighted by atomic mass is 10.1. The molecule has 0 saturated carbocycles. The summed E-state index contributed by atoms with van der Waals surface area (Å²) in [5.41, 5.74) is 1.73. The third-order valence-electron chi connectivity index (χ3n) is 3.01. The number of rotatable bonds is 7. The van der Waals surface area contributed by atoms with Gasteiger partial charge < -0.3 is 15.0 Å². The van der Waals surface area contributed by atoms with Gasteiger partial charge >= 0.3 is 0 Å². The number of ether oxygens (including phenoxy) is 1. The van der Waals surface area contributed by atoms with Gasteiger partial charge in [-0.1, -0.05) is 0 Å². The Balaban J connectivity index is 2.68. The highest BCUT2D eigenvalue weighted by Crippen LogP contribution is 2.12. The first-order valence-electron chi connectivity index (χ1n) is 6.77. The zero-order valence-electron chi connectivity index (χ0n) is 12.3. The molecular formula is C15H24N2O2. The van der Waals surface area contributed by atoms with E-state index in [1.807, 2.05) is 43.0 Å². The molecule has 1 amide bonds. The van der Waals surface area contributed by atoms with Gasteiger partial charge in [-0.3, -0.25) is 4.79 Å². The molecule has 0 aliphatic heterocycles. The molecule has 0 saturated heterocycles. The summed E-state index contributed by atoms with van der Waals surface area (Å²) >= 11 is 0. The average molecular weight is 264 g/mol. The third-order valence-corrected chi connectivity index (χ3v) is 3.01. The monoisotopic (exact) mass is 264 g/mol. The first kappa shape index (κ1) is 15.5. The lowest BCUT2D eigenvalue weighted by Crippen LogP contribution is -2.30. The highest BCUT2D eigenvalue weighted by Gasteiger charge is 2.12. The van der Waals surface area contributed by atoms with E-state index in [1.165, 1.54) is 0 Å². The van der Waals surface area contributed by atoms with E-state index in [1.54, 1.807) is 7.11 Å². The fraction of sp³-hybridized carbons (Fsp3) is 0.533. The zero-order chi connectivity index (χ0) is 14.3. The predicted molar refractivity (Wildman–Crippen MR) is 78.7 cm³/mol. The fourth-order valence-electron chi connectivity index (χ4n) is 1.98. The Morgan fingerprint density at radius 3 is 2.32 bits per heavy atom. The normalized spacial score (nSPS) is 12.0. The summed E-state index contributed by atoms with van der Waals surface area (Å²) in [5.74, 6) is 0.0847. The van der Waals surface area contributed by atoms with Crippen LogP contribution in [0.5, 0.6) is 0 Å². The Labute approximate surface area is 115 Å². The molecule has 0 aliphatic carbocycles. The summed E-state index contributed by atoms with van der Waals surface area (Å²) in [5, 5.41) is 3.32. The Morgan fingerprint density at radius 1 is 1.26 bits per heavy atom. The van der Waals surface area contributed by atoms with Crippen molar-refractivity contribution >= 4 is 11.6 Å². The van der Waals surface area contributed by atoms with Crippen LogP contribution in [0.2, 0.25) is 0 Å². The second-order valence-corrected chi connectivity index (χ2v) is 4.56. The van der Waals surface area contributed by atoms with Gasteiger partial charge in [0.25, 0.3) is 5.91 Å². The van der Waals surface area contributed by atoms with Crippen molar-refractivity contribution in [2.24, 2.45) is 0 Å². The van der Waals surface area contributed by atoms with E-state index in [9.17, 15) is 4.79 Å². The molecule has 1 aromatic rings. The Morgan fingerprint density at radius 2 is 1.84 bits per heavy atom. The van der Waals surface area contributed by atoms with E-state index in [0.29, 0.717) is 6.61 Å². The van der Waals surface area contributed by atoms with Crippen LogP contribution < -0.4 is 5.32 Å². The van der Waals surface area contributed by atoms with Crippen LogP contribution in [0.3, 0.4) is 0 Å². The number of hydrogen-bond acceptors (Lipinski definition) is 3. The SMILES string of the molecule is CCN(CC)C(=O)c1ccc(N[C@H](C)COC)cc1. The summed E-state index contributed by atoms with van der Waals surface area (Å²) < 4.78 is 5.08. The second kappa shape index (κ2) is 7.79. The number of benzene rings is 1. The van der Waals surface area contributed by atoms with Crippen LogP contribution in [0.25, 0.3) is 0 Å². The first-order chi connectivity index (χ1) is 9.12. The topological polar surface area (TPSA) is 41.6 Å². The standard InChI is InChI=1S/C15H24N2O2/c1-5-17(6-2)15(18)13-7-9-14(10-8-13)16-12(3)11-19-4/h7-10,12,16H,5-6,11H2,1-4H3/t12-/m1/s1. The molecule has 4 heteroatoms. The van der Waals surface area contributed by atoms with Gasteiger partial charge in [-0.05, 0) is 45.0 Å². The van der Waals surface area contributed by atoms with E-state index in [2.05, 4.69) is 12.2 Å². The number of hydrogen-bond donors (Lipinski definition) is 1. The minimum atomic E-state index is 0.0847.